The number of halogens is 5. The molecule has 1 aromatic rings. The van der Waals surface area contributed by atoms with E-state index in [0.29, 0.717) is 6.07 Å². The molecule has 0 amide bonds. The number of alkyl halides is 5. The fourth-order valence-corrected chi connectivity index (χ4v) is 8.22. The number of esters is 2. The number of ketones is 1. The largest absolute Gasteiger partial charge is 0.449 e. The average molecular weight is 598 g/mol. The van der Waals surface area contributed by atoms with Crippen molar-refractivity contribution >= 4 is 17.7 Å². The second kappa shape index (κ2) is 9.49. The number of allylic oxidation sites excluding steroid dienone is 4. The Kier molecular flexibility index (Phi) is 6.77. The van der Waals surface area contributed by atoms with Crippen LogP contribution >= 0.6 is 0 Å². The molecule has 0 aliphatic heterocycles. The molecule has 0 aromatic carbocycles. The minimum atomic E-state index is -4.91. The number of hydrogen-bond acceptors (Lipinski definition) is 8. The molecule has 3 fully saturated rings. The Morgan fingerprint density at radius 3 is 2.52 bits per heavy atom. The summed E-state index contributed by atoms with van der Waals surface area (Å²) in [4.78, 5) is 39.0. The van der Waals surface area contributed by atoms with Crippen LogP contribution in [0.15, 0.2) is 40.4 Å². The number of nitriles is 1. The van der Waals surface area contributed by atoms with E-state index in [1.54, 1.807) is 6.07 Å². The first-order valence-corrected chi connectivity index (χ1v) is 13.4. The van der Waals surface area contributed by atoms with Crippen molar-refractivity contribution in [3.05, 3.63) is 47.5 Å². The van der Waals surface area contributed by atoms with Crippen molar-refractivity contribution in [1.82, 2.24) is 0 Å². The van der Waals surface area contributed by atoms with Gasteiger partial charge in [-0.2, -0.15) is 18.4 Å². The van der Waals surface area contributed by atoms with Gasteiger partial charge in [-0.1, -0.05) is 19.9 Å². The number of rotatable bonds is 4. The van der Waals surface area contributed by atoms with Gasteiger partial charge in [-0.25, -0.2) is 18.4 Å². The standard InChI is InChI=1S/C29H28F5NO7/c1-14-10-16-17-12-19(30)18-11-15(36)6-7-25(18,2)27(17,31)21(37)13-26(16,3)28(14,24(39)40-9-8-35)42-23(38)20-4-5-22(41-20)29(32,33)34/h4-7,11,14,16-17,19,21,37H,9-10,12-13H2,1-3H3/t14-,16+,17+,19+,21+,25+,26+,27+,28-/m1/s1. The number of fused-ring (bicyclic) bond motifs is 5. The second-order valence-electron chi connectivity index (χ2n) is 12.0. The van der Waals surface area contributed by atoms with Crippen LogP contribution in [-0.2, 0) is 25.2 Å². The number of hydrogen-bond donors (Lipinski definition) is 1. The van der Waals surface area contributed by atoms with Crippen LogP contribution in [0.25, 0.3) is 0 Å². The Bertz CT molecular complexity index is 1440. The highest BCUT2D eigenvalue weighted by molar-refractivity contribution is 6.01. The Morgan fingerprint density at radius 2 is 1.90 bits per heavy atom. The van der Waals surface area contributed by atoms with E-state index in [2.05, 4.69) is 4.42 Å². The van der Waals surface area contributed by atoms with Crippen LogP contribution in [0.5, 0.6) is 0 Å². The van der Waals surface area contributed by atoms with Crippen LogP contribution in [0.4, 0.5) is 22.0 Å². The fraction of sp³-hybridized carbons (Fsp3) is 0.586. The van der Waals surface area contributed by atoms with Crippen molar-refractivity contribution in [3.63, 3.8) is 0 Å². The molecule has 1 heterocycles. The summed E-state index contributed by atoms with van der Waals surface area (Å²) in [6.07, 6.45) is -6.13. The van der Waals surface area contributed by atoms with Crippen molar-refractivity contribution in [2.45, 2.75) is 69.8 Å². The molecule has 0 radical (unpaired) electrons. The number of carbonyl (C=O) groups is 3. The van der Waals surface area contributed by atoms with Crippen LogP contribution in [0.1, 0.15) is 56.3 Å². The Labute approximate surface area is 237 Å². The van der Waals surface area contributed by atoms with E-state index in [4.69, 9.17) is 14.7 Å². The second-order valence-corrected chi connectivity index (χ2v) is 12.0. The topological polar surface area (TPSA) is 127 Å². The molecule has 8 nitrogen and oxygen atoms in total. The molecular weight excluding hydrogens is 569 g/mol. The number of aliphatic hydroxyl groups excluding tert-OH is 1. The van der Waals surface area contributed by atoms with Gasteiger partial charge in [0, 0.05) is 22.7 Å². The zero-order chi connectivity index (χ0) is 31.0. The van der Waals surface area contributed by atoms with Crippen LogP contribution in [0.2, 0.25) is 0 Å². The molecule has 0 unspecified atom stereocenters. The predicted molar refractivity (Wildman–Crippen MR) is 132 cm³/mol. The minimum absolute atomic E-state index is 0.0229. The summed E-state index contributed by atoms with van der Waals surface area (Å²) in [7, 11) is 0. The third kappa shape index (κ3) is 3.83. The maximum Gasteiger partial charge on any atom is 0.449 e. The maximum atomic E-state index is 17.5. The smallest absolute Gasteiger partial charge is 0.447 e. The Hall–Kier alpha value is -3.53. The molecule has 0 bridgehead atoms. The zero-order valence-electron chi connectivity index (χ0n) is 22.8. The lowest BCUT2D eigenvalue weighted by Crippen LogP contribution is -2.71. The highest BCUT2D eigenvalue weighted by Crippen LogP contribution is 2.71. The zero-order valence-corrected chi connectivity index (χ0v) is 22.8. The van der Waals surface area contributed by atoms with Gasteiger partial charge >= 0.3 is 18.1 Å². The fourth-order valence-electron chi connectivity index (χ4n) is 8.22. The summed E-state index contributed by atoms with van der Waals surface area (Å²) in [6.45, 7) is 3.58. The van der Waals surface area contributed by atoms with Crippen LogP contribution in [0, 0.1) is 39.9 Å². The molecule has 0 spiro atoms. The summed E-state index contributed by atoms with van der Waals surface area (Å²) in [5, 5.41) is 20.6. The summed E-state index contributed by atoms with van der Waals surface area (Å²) in [6, 6.07) is 2.86. The molecule has 1 aromatic heterocycles. The molecule has 226 valence electrons. The van der Waals surface area contributed by atoms with Crippen molar-refractivity contribution in [1.29, 1.82) is 5.26 Å². The average Bonchev–Trinajstić information content (AvgIpc) is 3.49. The highest BCUT2D eigenvalue weighted by atomic mass is 19.4. The quantitative estimate of drug-likeness (QED) is 0.387. The van der Waals surface area contributed by atoms with E-state index in [-0.39, 0.29) is 12.0 Å². The summed E-state index contributed by atoms with van der Waals surface area (Å²) in [5.41, 5.74) is -8.26. The van der Waals surface area contributed by atoms with E-state index in [1.165, 1.54) is 26.8 Å². The van der Waals surface area contributed by atoms with Crippen molar-refractivity contribution in [2.24, 2.45) is 28.6 Å². The van der Waals surface area contributed by atoms with Gasteiger partial charge in [0.25, 0.3) is 0 Å². The Balaban J connectivity index is 1.61. The van der Waals surface area contributed by atoms with E-state index >= 15 is 8.78 Å². The monoisotopic (exact) mass is 597 g/mol. The third-order valence-corrected chi connectivity index (χ3v) is 10.1. The lowest BCUT2D eigenvalue weighted by molar-refractivity contribution is -0.231. The normalized spacial score (nSPS) is 40.7. The van der Waals surface area contributed by atoms with Gasteiger partial charge in [-0.15, -0.1) is 0 Å². The minimum Gasteiger partial charge on any atom is -0.447 e. The molecule has 42 heavy (non-hydrogen) atoms. The molecule has 9 atom stereocenters. The maximum absolute atomic E-state index is 17.5. The van der Waals surface area contributed by atoms with Crippen LogP contribution < -0.4 is 0 Å². The number of furan rings is 1. The number of ether oxygens (including phenoxy) is 2. The third-order valence-electron chi connectivity index (χ3n) is 10.1. The first-order valence-electron chi connectivity index (χ1n) is 13.4. The lowest BCUT2D eigenvalue weighted by atomic mass is 9.44. The van der Waals surface area contributed by atoms with Gasteiger partial charge in [0.15, 0.2) is 18.1 Å². The first-order chi connectivity index (χ1) is 19.5. The summed E-state index contributed by atoms with van der Waals surface area (Å²) in [5.74, 6) is -8.65. The number of aliphatic hydroxyl groups is 1. The molecule has 3 saturated carbocycles. The van der Waals surface area contributed by atoms with Crippen LogP contribution in [-0.4, -0.2) is 53.0 Å². The molecular formula is C29H28F5NO7. The van der Waals surface area contributed by atoms with Gasteiger partial charge < -0.3 is 19.0 Å². The van der Waals surface area contributed by atoms with Gasteiger partial charge in [0.1, 0.15) is 12.2 Å². The van der Waals surface area contributed by atoms with Crippen molar-refractivity contribution < 1.29 is 55.3 Å². The lowest BCUT2D eigenvalue weighted by Gasteiger charge is -2.63. The van der Waals surface area contributed by atoms with Crippen LogP contribution in [0.3, 0.4) is 0 Å². The molecule has 0 saturated heterocycles. The summed E-state index contributed by atoms with van der Waals surface area (Å²) < 4.78 is 88.0. The first kappa shape index (κ1) is 29.9. The predicted octanol–water partition coefficient (Wildman–Crippen LogP) is 4.83. The SMILES string of the molecule is C[C@@H]1C[C@H]2[C@@H]3C[C@H](F)C4=CC(=O)C=C[C@]4(C)[C@@]3(F)[C@@H](O)C[C@]2(C)[C@]1(OC(=O)c1ccc(C(F)(F)F)o1)C(=O)OCC#N. The Morgan fingerprint density at radius 1 is 1.21 bits per heavy atom. The van der Waals surface area contributed by atoms with Gasteiger partial charge in [-0.3, -0.25) is 4.79 Å². The molecule has 5 rings (SSSR count). The van der Waals surface area contributed by atoms with Gasteiger partial charge in [0.05, 0.1) is 6.10 Å². The van der Waals surface area contributed by atoms with Gasteiger partial charge in [0.2, 0.25) is 17.1 Å². The van der Waals surface area contributed by atoms with E-state index < -0.39 is 107 Å². The van der Waals surface area contributed by atoms with Crippen molar-refractivity contribution in [2.75, 3.05) is 6.61 Å². The van der Waals surface area contributed by atoms with E-state index in [0.717, 1.165) is 18.2 Å². The molecule has 4 aliphatic rings. The molecule has 4 aliphatic carbocycles. The molecule has 13 heteroatoms. The highest BCUT2D eigenvalue weighted by Gasteiger charge is 2.79. The van der Waals surface area contributed by atoms with E-state index in [1.807, 2.05) is 0 Å². The number of nitrogens with zero attached hydrogens (tertiary/aromatic N) is 1. The van der Waals surface area contributed by atoms with E-state index in [9.17, 15) is 32.7 Å². The van der Waals surface area contributed by atoms with Crippen molar-refractivity contribution in [3.8, 4) is 6.07 Å². The van der Waals surface area contributed by atoms with Gasteiger partial charge in [-0.05, 0) is 62.0 Å². The summed E-state index contributed by atoms with van der Waals surface area (Å²) >= 11 is 0. The number of carbonyl (C=O) groups excluding carboxylic acids is 3. The molecule has 1 N–H and O–H groups in total.